The molecule has 1 rings (SSSR count). The molecule has 1 fully saturated rings. The lowest BCUT2D eigenvalue weighted by Crippen LogP contribution is -2.52. The highest BCUT2D eigenvalue weighted by molar-refractivity contribution is 9.09. The molecule has 6 heteroatoms. The van der Waals surface area contributed by atoms with E-state index >= 15 is 0 Å². The first-order chi connectivity index (χ1) is 7.70. The van der Waals surface area contributed by atoms with Crippen LogP contribution in [0.4, 0.5) is 0 Å². The van der Waals surface area contributed by atoms with Crippen molar-refractivity contribution in [2.75, 3.05) is 24.7 Å². The minimum atomic E-state index is -3.37. The van der Waals surface area contributed by atoms with Gasteiger partial charge >= 0.3 is 0 Å². The lowest BCUT2D eigenvalue weighted by molar-refractivity contribution is -0.134. The number of hydrogen-bond donors (Lipinski definition) is 0. The summed E-state index contributed by atoms with van der Waals surface area (Å²) < 4.78 is 21.9. The van der Waals surface area contributed by atoms with E-state index < -0.39 is 14.6 Å². The molecule has 0 unspecified atom stereocenters. The normalized spacial score (nSPS) is 19.4. The van der Waals surface area contributed by atoms with Gasteiger partial charge in [-0.3, -0.25) is 4.79 Å². The Kier molecular flexibility index (Phi) is 4.63. The van der Waals surface area contributed by atoms with Crippen LogP contribution in [-0.4, -0.2) is 48.6 Å². The van der Waals surface area contributed by atoms with Gasteiger partial charge in [0.05, 0.1) is 0 Å². The molecule has 17 heavy (non-hydrogen) atoms. The van der Waals surface area contributed by atoms with Crippen molar-refractivity contribution in [2.45, 2.75) is 31.4 Å². The van der Waals surface area contributed by atoms with E-state index in [4.69, 9.17) is 0 Å². The lowest BCUT2D eigenvalue weighted by atomic mass is 9.98. The number of alkyl halides is 1. The molecule has 100 valence electrons. The summed E-state index contributed by atoms with van der Waals surface area (Å²) in [6.45, 7) is 4.30. The second-order valence-corrected chi connectivity index (χ2v) is 8.38. The Labute approximate surface area is 112 Å². The molecule has 0 aromatic heterocycles. The maximum absolute atomic E-state index is 12.2. The minimum Gasteiger partial charge on any atom is -0.341 e. The van der Waals surface area contributed by atoms with E-state index in [0.717, 1.165) is 24.4 Å². The molecular weight excluding hydrogens is 306 g/mol. The van der Waals surface area contributed by atoms with Gasteiger partial charge in [-0.15, -0.1) is 0 Å². The fourth-order valence-corrected chi connectivity index (χ4v) is 2.92. The SMILES string of the molecule is CC(C)(C(=O)N1CCC(CBr)CC1)S(C)(=O)=O. The van der Waals surface area contributed by atoms with Gasteiger partial charge in [0.15, 0.2) is 9.84 Å². The van der Waals surface area contributed by atoms with Crippen LogP contribution in [0, 0.1) is 5.92 Å². The topological polar surface area (TPSA) is 54.5 Å². The van der Waals surface area contributed by atoms with Crippen molar-refractivity contribution in [3.63, 3.8) is 0 Å². The molecule has 0 aromatic carbocycles. The van der Waals surface area contributed by atoms with Crippen molar-refractivity contribution in [1.29, 1.82) is 0 Å². The van der Waals surface area contributed by atoms with Crippen LogP contribution in [0.25, 0.3) is 0 Å². The molecule has 1 heterocycles. The van der Waals surface area contributed by atoms with Gasteiger partial charge in [0.25, 0.3) is 0 Å². The average Bonchev–Trinajstić information content (AvgIpc) is 2.26. The number of hydrogen-bond acceptors (Lipinski definition) is 3. The Balaban J connectivity index is 2.73. The Bertz CT molecular complexity index is 384. The van der Waals surface area contributed by atoms with Crippen LogP contribution >= 0.6 is 15.9 Å². The summed E-state index contributed by atoms with van der Waals surface area (Å²) in [4.78, 5) is 13.9. The van der Waals surface area contributed by atoms with Crippen molar-refractivity contribution < 1.29 is 13.2 Å². The Morgan fingerprint density at radius 3 is 2.18 bits per heavy atom. The molecule has 0 N–H and O–H groups in total. The third-order valence-corrected chi connectivity index (χ3v) is 6.51. The predicted octanol–water partition coefficient (Wildman–Crippen LogP) is 1.44. The first kappa shape index (κ1) is 15.0. The molecule has 1 aliphatic heterocycles. The Morgan fingerprint density at radius 2 is 1.82 bits per heavy atom. The Morgan fingerprint density at radius 1 is 1.35 bits per heavy atom. The second-order valence-electron chi connectivity index (χ2n) is 5.17. The van der Waals surface area contributed by atoms with Crippen LogP contribution in [0.2, 0.25) is 0 Å². The van der Waals surface area contributed by atoms with E-state index in [1.54, 1.807) is 4.90 Å². The van der Waals surface area contributed by atoms with Crippen molar-refractivity contribution >= 4 is 31.7 Å². The number of likely N-dealkylation sites (tertiary alicyclic amines) is 1. The number of piperidine rings is 1. The summed E-state index contributed by atoms with van der Waals surface area (Å²) in [5.74, 6) is 0.327. The zero-order chi connectivity index (χ0) is 13.3. The first-order valence-electron chi connectivity index (χ1n) is 5.75. The summed E-state index contributed by atoms with van der Waals surface area (Å²) in [5.41, 5.74) is 0. The molecule has 0 aromatic rings. The van der Waals surface area contributed by atoms with E-state index in [1.807, 2.05) is 0 Å². The zero-order valence-electron chi connectivity index (χ0n) is 10.6. The highest BCUT2D eigenvalue weighted by atomic mass is 79.9. The van der Waals surface area contributed by atoms with Crippen LogP contribution in [0.15, 0.2) is 0 Å². The fraction of sp³-hybridized carbons (Fsp3) is 0.909. The third-order valence-electron chi connectivity index (χ3n) is 3.56. The summed E-state index contributed by atoms with van der Waals surface area (Å²) in [5, 5.41) is 0.949. The molecule has 0 atom stereocenters. The van der Waals surface area contributed by atoms with Crippen molar-refractivity contribution in [1.82, 2.24) is 4.90 Å². The monoisotopic (exact) mass is 325 g/mol. The van der Waals surface area contributed by atoms with E-state index in [0.29, 0.717) is 19.0 Å². The van der Waals surface area contributed by atoms with Crippen LogP contribution in [0.5, 0.6) is 0 Å². The molecule has 0 bridgehead atoms. The minimum absolute atomic E-state index is 0.270. The van der Waals surface area contributed by atoms with Gasteiger partial charge in [0.2, 0.25) is 5.91 Å². The fourth-order valence-electron chi connectivity index (χ4n) is 1.83. The Hall–Kier alpha value is -0.100. The van der Waals surface area contributed by atoms with Crippen molar-refractivity contribution in [2.24, 2.45) is 5.92 Å². The number of carbonyl (C=O) groups excluding carboxylic acids is 1. The number of rotatable bonds is 3. The third kappa shape index (κ3) is 3.22. The number of carbonyl (C=O) groups is 1. The average molecular weight is 326 g/mol. The van der Waals surface area contributed by atoms with Crippen molar-refractivity contribution in [3.05, 3.63) is 0 Å². The molecular formula is C11H20BrNO3S. The molecule has 1 amide bonds. The van der Waals surface area contributed by atoms with Gasteiger partial charge in [0, 0.05) is 24.7 Å². The highest BCUT2D eigenvalue weighted by Gasteiger charge is 2.41. The van der Waals surface area contributed by atoms with Gasteiger partial charge in [-0.1, -0.05) is 15.9 Å². The van der Waals surface area contributed by atoms with Gasteiger partial charge in [-0.2, -0.15) is 0 Å². The van der Waals surface area contributed by atoms with Gasteiger partial charge in [-0.25, -0.2) is 8.42 Å². The van der Waals surface area contributed by atoms with Gasteiger partial charge in [-0.05, 0) is 32.6 Å². The number of nitrogens with zero attached hydrogens (tertiary/aromatic N) is 1. The maximum atomic E-state index is 12.2. The standard InChI is InChI=1S/C11H20BrNO3S/c1-11(2,17(3,15)16)10(14)13-6-4-9(8-12)5-7-13/h9H,4-8H2,1-3H3. The predicted molar refractivity (Wildman–Crippen MR) is 72.0 cm³/mol. The van der Waals surface area contributed by atoms with Crippen LogP contribution in [-0.2, 0) is 14.6 Å². The number of halogens is 1. The molecule has 4 nitrogen and oxygen atoms in total. The summed E-state index contributed by atoms with van der Waals surface area (Å²) >= 11 is 3.44. The van der Waals surface area contributed by atoms with E-state index in [9.17, 15) is 13.2 Å². The summed E-state index contributed by atoms with van der Waals surface area (Å²) in [6, 6.07) is 0. The molecule has 0 aliphatic carbocycles. The number of amides is 1. The van der Waals surface area contributed by atoms with Crippen LogP contribution in [0.1, 0.15) is 26.7 Å². The summed E-state index contributed by atoms with van der Waals surface area (Å²) in [7, 11) is -3.37. The molecule has 0 spiro atoms. The van der Waals surface area contributed by atoms with E-state index in [2.05, 4.69) is 15.9 Å². The van der Waals surface area contributed by atoms with E-state index in [-0.39, 0.29) is 5.91 Å². The lowest BCUT2D eigenvalue weighted by Gasteiger charge is -2.35. The molecule has 1 aliphatic rings. The van der Waals surface area contributed by atoms with Crippen LogP contribution in [0.3, 0.4) is 0 Å². The molecule has 0 saturated carbocycles. The molecule has 0 radical (unpaired) electrons. The highest BCUT2D eigenvalue weighted by Crippen LogP contribution is 2.24. The summed E-state index contributed by atoms with van der Waals surface area (Å²) in [6.07, 6.45) is 3.00. The molecule has 1 saturated heterocycles. The largest absolute Gasteiger partial charge is 0.341 e. The van der Waals surface area contributed by atoms with Crippen molar-refractivity contribution in [3.8, 4) is 0 Å². The van der Waals surface area contributed by atoms with Crippen LogP contribution < -0.4 is 0 Å². The smallest absolute Gasteiger partial charge is 0.243 e. The zero-order valence-corrected chi connectivity index (χ0v) is 13.0. The quantitative estimate of drug-likeness (QED) is 0.738. The van der Waals surface area contributed by atoms with Gasteiger partial charge in [0.1, 0.15) is 4.75 Å². The second kappa shape index (κ2) is 5.26. The van der Waals surface area contributed by atoms with Gasteiger partial charge < -0.3 is 4.90 Å². The maximum Gasteiger partial charge on any atom is 0.243 e. The van der Waals surface area contributed by atoms with E-state index in [1.165, 1.54) is 13.8 Å². The number of sulfone groups is 1. The first-order valence-corrected chi connectivity index (χ1v) is 8.76.